The number of amides is 1. The number of aryl methyl sites for hydroxylation is 1. The molecule has 1 saturated heterocycles. The molecule has 198 valence electrons. The Morgan fingerprint density at radius 1 is 0.944 bits per heavy atom. The fourth-order valence-corrected chi connectivity index (χ4v) is 4.84. The van der Waals surface area contributed by atoms with E-state index >= 15 is 0 Å². The molecule has 1 aromatic heterocycles. The molecule has 36 heavy (non-hydrogen) atoms. The van der Waals surface area contributed by atoms with Crippen molar-refractivity contribution in [1.82, 2.24) is 15.2 Å². The monoisotopic (exact) mass is 494 g/mol. The number of piperidine rings is 1. The number of carbonyl (C=O) groups excluding carboxylic acids is 1. The Morgan fingerprint density at radius 2 is 1.56 bits per heavy atom. The molecule has 0 saturated carbocycles. The summed E-state index contributed by atoms with van der Waals surface area (Å²) in [6.45, 7) is 6.38. The Morgan fingerprint density at radius 3 is 2.19 bits per heavy atom. The van der Waals surface area contributed by atoms with Crippen LogP contribution >= 0.6 is 0 Å². The van der Waals surface area contributed by atoms with Crippen LogP contribution in [0.4, 0.5) is 5.82 Å². The van der Waals surface area contributed by atoms with Crippen LogP contribution in [-0.2, 0) is 0 Å². The van der Waals surface area contributed by atoms with Gasteiger partial charge in [-0.3, -0.25) is 4.79 Å². The van der Waals surface area contributed by atoms with E-state index in [9.17, 15) is 4.79 Å². The zero-order valence-electron chi connectivity index (χ0n) is 22.2. The molecule has 0 spiro atoms. The van der Waals surface area contributed by atoms with Crippen molar-refractivity contribution in [3.8, 4) is 5.75 Å². The average molecular weight is 495 g/mol. The van der Waals surface area contributed by atoms with E-state index in [1.54, 1.807) is 18.3 Å². The van der Waals surface area contributed by atoms with Crippen molar-refractivity contribution >= 4 is 11.7 Å². The Bertz CT molecular complexity index is 879. The molecule has 6 nitrogen and oxygen atoms in total. The summed E-state index contributed by atoms with van der Waals surface area (Å²) in [5.74, 6) is 1.17. The lowest BCUT2D eigenvalue weighted by molar-refractivity contribution is 0.0953. The van der Waals surface area contributed by atoms with Crippen LogP contribution in [0.3, 0.4) is 0 Å². The minimum absolute atomic E-state index is 0.128. The van der Waals surface area contributed by atoms with Gasteiger partial charge in [0.25, 0.3) is 5.91 Å². The number of ether oxygens (including phenoxy) is 1. The highest BCUT2D eigenvalue weighted by Gasteiger charge is 2.20. The molecule has 0 bridgehead atoms. The molecule has 1 amide bonds. The normalized spacial score (nSPS) is 14.6. The summed E-state index contributed by atoms with van der Waals surface area (Å²) in [4.78, 5) is 18.7. The molecule has 0 aliphatic carbocycles. The van der Waals surface area contributed by atoms with Crippen LogP contribution in [-0.4, -0.2) is 48.1 Å². The van der Waals surface area contributed by atoms with Gasteiger partial charge >= 0.3 is 0 Å². The third kappa shape index (κ3) is 10.6. The lowest BCUT2D eigenvalue weighted by Crippen LogP contribution is -2.38. The van der Waals surface area contributed by atoms with E-state index in [1.165, 1.54) is 63.5 Å². The van der Waals surface area contributed by atoms with Crippen LogP contribution < -0.4 is 15.8 Å². The summed E-state index contributed by atoms with van der Waals surface area (Å²) >= 11 is 0. The number of nitrogen functional groups attached to an aromatic ring is 1. The predicted octanol–water partition coefficient (Wildman–Crippen LogP) is 6.15. The predicted molar refractivity (Wildman–Crippen MR) is 148 cm³/mol. The van der Waals surface area contributed by atoms with Crippen molar-refractivity contribution in [2.24, 2.45) is 0 Å². The van der Waals surface area contributed by atoms with Gasteiger partial charge in [0.15, 0.2) is 0 Å². The van der Waals surface area contributed by atoms with Crippen molar-refractivity contribution in [3.05, 3.63) is 53.7 Å². The second-order valence-electron chi connectivity index (χ2n) is 10.2. The molecule has 0 radical (unpaired) electrons. The second kappa shape index (κ2) is 16.2. The maximum atomic E-state index is 12.1. The van der Waals surface area contributed by atoms with E-state index in [2.05, 4.69) is 46.4 Å². The van der Waals surface area contributed by atoms with E-state index in [0.29, 0.717) is 24.0 Å². The van der Waals surface area contributed by atoms with Crippen molar-refractivity contribution in [3.63, 3.8) is 0 Å². The first-order chi connectivity index (χ1) is 17.6. The summed E-state index contributed by atoms with van der Waals surface area (Å²) in [6, 6.07) is 11.9. The van der Waals surface area contributed by atoms with Gasteiger partial charge in [0.2, 0.25) is 0 Å². The standard InChI is InChI=1S/C30H46N4O2/c1-25-14-16-26(17-15-25)36-27-18-23-34(24-19-27)22-11-9-7-5-3-2-4-6-8-10-20-33-30(35)28-13-12-21-32-29(28)31/h12-17,21,27H,2-11,18-20,22-24H2,1H3,(H2,31,32)(H,33,35). The average Bonchev–Trinajstić information content (AvgIpc) is 2.89. The zero-order chi connectivity index (χ0) is 25.4. The Balaban J connectivity index is 1.07. The van der Waals surface area contributed by atoms with Gasteiger partial charge in [-0.1, -0.05) is 69.1 Å². The molecule has 6 heteroatoms. The van der Waals surface area contributed by atoms with Gasteiger partial charge in [-0.25, -0.2) is 4.98 Å². The van der Waals surface area contributed by atoms with Crippen LogP contribution in [0, 0.1) is 6.92 Å². The third-order valence-electron chi connectivity index (χ3n) is 7.13. The Hall–Kier alpha value is -2.60. The number of benzene rings is 1. The first-order valence-corrected chi connectivity index (χ1v) is 14.1. The van der Waals surface area contributed by atoms with Gasteiger partial charge in [0.05, 0.1) is 5.56 Å². The molecule has 1 aromatic carbocycles. The Kier molecular flexibility index (Phi) is 12.6. The number of hydrogen-bond donors (Lipinski definition) is 2. The molecule has 2 heterocycles. The van der Waals surface area contributed by atoms with E-state index in [-0.39, 0.29) is 5.91 Å². The van der Waals surface area contributed by atoms with E-state index in [4.69, 9.17) is 10.5 Å². The van der Waals surface area contributed by atoms with Gasteiger partial charge < -0.3 is 20.7 Å². The second-order valence-corrected chi connectivity index (χ2v) is 10.2. The maximum absolute atomic E-state index is 12.1. The largest absolute Gasteiger partial charge is 0.490 e. The van der Waals surface area contributed by atoms with Crippen molar-refractivity contribution in [2.75, 3.05) is 31.9 Å². The van der Waals surface area contributed by atoms with Gasteiger partial charge in [-0.05, 0) is 63.4 Å². The summed E-state index contributed by atoms with van der Waals surface area (Å²) in [6.07, 6.45) is 17.0. The summed E-state index contributed by atoms with van der Waals surface area (Å²) < 4.78 is 6.16. The first-order valence-electron chi connectivity index (χ1n) is 14.1. The lowest BCUT2D eigenvalue weighted by Gasteiger charge is -2.32. The number of pyridine rings is 1. The summed E-state index contributed by atoms with van der Waals surface area (Å²) in [5.41, 5.74) is 7.49. The van der Waals surface area contributed by atoms with Crippen LogP contribution in [0.1, 0.15) is 93.0 Å². The molecule has 1 aliphatic heterocycles. The van der Waals surface area contributed by atoms with Crippen LogP contribution in [0.15, 0.2) is 42.6 Å². The van der Waals surface area contributed by atoms with Gasteiger partial charge in [0, 0.05) is 25.8 Å². The number of nitrogens with zero attached hydrogens (tertiary/aromatic N) is 2. The maximum Gasteiger partial charge on any atom is 0.255 e. The molecular weight excluding hydrogens is 448 g/mol. The minimum atomic E-state index is -0.128. The molecular formula is C30H46N4O2. The SMILES string of the molecule is Cc1ccc(OC2CCN(CCCCCCCCCCCCNC(=O)c3cccnc3N)CC2)cc1. The highest BCUT2D eigenvalue weighted by Crippen LogP contribution is 2.20. The fourth-order valence-electron chi connectivity index (χ4n) is 4.84. The number of nitrogens with one attached hydrogen (secondary N) is 1. The number of anilines is 1. The van der Waals surface area contributed by atoms with Gasteiger partial charge in [0.1, 0.15) is 17.7 Å². The van der Waals surface area contributed by atoms with E-state index in [1.807, 2.05) is 0 Å². The van der Waals surface area contributed by atoms with E-state index in [0.717, 1.165) is 44.5 Å². The number of aromatic nitrogens is 1. The van der Waals surface area contributed by atoms with Crippen molar-refractivity contribution in [2.45, 2.75) is 90.1 Å². The van der Waals surface area contributed by atoms with Crippen molar-refractivity contribution in [1.29, 1.82) is 0 Å². The highest BCUT2D eigenvalue weighted by atomic mass is 16.5. The number of likely N-dealkylation sites (tertiary alicyclic amines) is 1. The smallest absolute Gasteiger partial charge is 0.255 e. The quantitative estimate of drug-likeness (QED) is 0.274. The molecule has 0 atom stereocenters. The molecule has 0 unspecified atom stereocenters. The topological polar surface area (TPSA) is 80.5 Å². The van der Waals surface area contributed by atoms with Gasteiger partial charge in [-0.15, -0.1) is 0 Å². The van der Waals surface area contributed by atoms with Crippen LogP contribution in [0.5, 0.6) is 5.75 Å². The van der Waals surface area contributed by atoms with Crippen LogP contribution in [0.2, 0.25) is 0 Å². The number of unbranched alkanes of at least 4 members (excludes halogenated alkanes) is 9. The number of carbonyl (C=O) groups is 1. The number of hydrogen-bond acceptors (Lipinski definition) is 5. The number of rotatable bonds is 16. The molecule has 1 fully saturated rings. The highest BCUT2D eigenvalue weighted by molar-refractivity contribution is 5.98. The summed E-state index contributed by atoms with van der Waals surface area (Å²) in [7, 11) is 0. The zero-order valence-corrected chi connectivity index (χ0v) is 22.2. The number of nitrogens with two attached hydrogens (primary N) is 1. The fraction of sp³-hybridized carbons (Fsp3) is 0.600. The Labute approximate surface area is 218 Å². The third-order valence-corrected chi connectivity index (χ3v) is 7.13. The molecule has 2 aromatic rings. The van der Waals surface area contributed by atoms with Crippen LogP contribution in [0.25, 0.3) is 0 Å². The lowest BCUT2D eigenvalue weighted by atomic mass is 10.0. The molecule has 1 aliphatic rings. The van der Waals surface area contributed by atoms with Crippen molar-refractivity contribution < 1.29 is 9.53 Å². The minimum Gasteiger partial charge on any atom is -0.490 e. The molecule has 3 N–H and O–H groups in total. The van der Waals surface area contributed by atoms with Gasteiger partial charge in [-0.2, -0.15) is 0 Å². The molecule has 3 rings (SSSR count). The summed E-state index contributed by atoms with van der Waals surface area (Å²) in [5, 5.41) is 2.94. The first kappa shape index (κ1) is 28.0. The van der Waals surface area contributed by atoms with E-state index < -0.39 is 0 Å².